The van der Waals surface area contributed by atoms with E-state index in [1.54, 1.807) is 0 Å². The Hall–Kier alpha value is 4.13. The first-order chi connectivity index (χ1) is 0. The normalized spacial score (nSPS) is 0. The minimum atomic E-state index is 0. The first kappa shape index (κ1) is 88.1. The van der Waals surface area contributed by atoms with Crippen LogP contribution in [0, 0.1) is 0 Å². The Morgan fingerprint density at radius 2 is 0.250 bits per heavy atom. The largest absolute Gasteiger partial charge is 0 e. The van der Waals surface area contributed by atoms with Gasteiger partial charge in [-0.1, -0.05) is 0 Å². The van der Waals surface area contributed by atoms with Crippen molar-refractivity contribution in [3.8, 4) is 0 Å². The molecule has 0 fully saturated rings. The Bertz CT molecular complexity index is 4.35. The van der Waals surface area contributed by atoms with Gasteiger partial charge in [0.05, 0.1) is 0 Å². The van der Waals surface area contributed by atoms with Gasteiger partial charge in [0.2, 0.25) is 0 Å². The molecule has 0 unspecified atom stereocenters. The fourth-order valence-electron chi connectivity index (χ4n) is 0. The van der Waals surface area contributed by atoms with Gasteiger partial charge in [-0.2, -0.15) is 0 Å². The minimum Gasteiger partial charge on any atom is 0 e. The van der Waals surface area contributed by atoms with Crippen molar-refractivity contribution in [3.63, 3.8) is 0 Å². The van der Waals surface area contributed by atoms with Crippen LogP contribution in [-0.4, -0.2) is 0 Å². The van der Waals surface area contributed by atoms with Crippen LogP contribution in [0.3, 0.4) is 0 Å². The zero-order valence-electron chi connectivity index (χ0n) is 2.79. The number of hydrogen-bond donors (Lipinski definition) is 0. The second-order valence-electron chi connectivity index (χ2n) is 0. The molecule has 0 rings (SSSR count). The van der Waals surface area contributed by atoms with Gasteiger partial charge in [0, 0.05) is 136 Å². The van der Waals surface area contributed by atoms with Crippen molar-refractivity contribution in [2.45, 2.75) is 0 Å². The standard InChI is InChI=1S/7Fe.Ni. The maximum Gasteiger partial charge on any atom is 0 e. The van der Waals surface area contributed by atoms with Crippen LogP contribution in [-0.2, 0) is 136 Å². The predicted octanol–water partition coefficient (Wildman–Crippen LogP) is -0.0200. The Morgan fingerprint density at radius 1 is 0.250 bits per heavy atom. The summed E-state index contributed by atoms with van der Waals surface area (Å²) >= 11 is 0. The summed E-state index contributed by atoms with van der Waals surface area (Å²) in [6.07, 6.45) is 0. The number of rotatable bonds is 0. The van der Waals surface area contributed by atoms with Gasteiger partial charge in [-0.15, -0.1) is 0 Å². The van der Waals surface area contributed by atoms with Crippen molar-refractivity contribution in [3.05, 3.63) is 0 Å². The molecule has 0 nitrogen and oxygen atoms in total. The first-order valence-corrected chi connectivity index (χ1v) is 0. The average Bonchev–Trinajstić information content (AvgIpc) is 0. The van der Waals surface area contributed by atoms with Gasteiger partial charge in [0.25, 0.3) is 0 Å². The van der Waals surface area contributed by atoms with Crippen molar-refractivity contribution in [2.75, 3.05) is 0 Å². The molecule has 0 aliphatic heterocycles. The van der Waals surface area contributed by atoms with Gasteiger partial charge in [-0.25, -0.2) is 0 Å². The third-order valence-electron chi connectivity index (χ3n) is 0. The molecule has 0 spiro atoms. The molecule has 0 atom stereocenters. The van der Waals surface area contributed by atoms with Gasteiger partial charge in [0.15, 0.2) is 0 Å². The van der Waals surface area contributed by atoms with Gasteiger partial charge >= 0.3 is 0 Å². The van der Waals surface area contributed by atoms with Crippen molar-refractivity contribution < 1.29 is 136 Å². The van der Waals surface area contributed by atoms with E-state index >= 15 is 0 Å². The molecule has 0 radical (unpaired) electrons. The summed E-state index contributed by atoms with van der Waals surface area (Å²) in [7, 11) is 0. The van der Waals surface area contributed by atoms with E-state index in [0.29, 0.717) is 0 Å². The fraction of sp³-hybridized carbons (Fsp3) is 0. The van der Waals surface area contributed by atoms with Crippen LogP contribution in [0.15, 0.2) is 0 Å². The molecule has 0 heterocycles. The third-order valence-corrected chi connectivity index (χ3v) is 0. The Kier molecular flexibility index (Phi) is 737. The average molecular weight is 450 g/mol. The molecule has 0 aromatic rings. The molecule has 0 saturated heterocycles. The maximum absolute atomic E-state index is 0. The predicted molar refractivity (Wildman–Crippen MR) is 0 cm³/mol. The van der Waals surface area contributed by atoms with Crippen LogP contribution in [0.2, 0.25) is 0 Å². The molecule has 8 heteroatoms. The summed E-state index contributed by atoms with van der Waals surface area (Å²) in [5.74, 6) is 0. The van der Waals surface area contributed by atoms with Gasteiger partial charge < -0.3 is 0 Å². The molecule has 8 heavy (non-hydrogen) atoms. The van der Waals surface area contributed by atoms with Gasteiger partial charge in [-0.05, 0) is 0 Å². The molecule has 0 aromatic heterocycles. The molecule has 0 bridgehead atoms. The van der Waals surface area contributed by atoms with E-state index in [-0.39, 0.29) is 136 Å². The molecular weight excluding hydrogens is 450 g/mol. The summed E-state index contributed by atoms with van der Waals surface area (Å²) in [6.45, 7) is 0. The van der Waals surface area contributed by atoms with E-state index in [0.717, 1.165) is 0 Å². The van der Waals surface area contributed by atoms with E-state index in [1.165, 1.54) is 0 Å². The summed E-state index contributed by atoms with van der Waals surface area (Å²) in [5.41, 5.74) is 0. The second kappa shape index (κ2) is 67.0. The van der Waals surface area contributed by atoms with E-state index in [4.69, 9.17) is 0 Å². The van der Waals surface area contributed by atoms with Crippen LogP contribution in [0.5, 0.6) is 0 Å². The van der Waals surface area contributed by atoms with E-state index in [9.17, 15) is 0 Å². The van der Waals surface area contributed by atoms with Gasteiger partial charge in [0.1, 0.15) is 0 Å². The van der Waals surface area contributed by atoms with Crippen molar-refractivity contribution >= 4 is 0 Å². The van der Waals surface area contributed by atoms with E-state index in [2.05, 4.69) is 0 Å². The summed E-state index contributed by atoms with van der Waals surface area (Å²) in [4.78, 5) is 0. The van der Waals surface area contributed by atoms with Crippen LogP contribution >= 0.6 is 0 Å². The number of hydrogen-bond acceptors (Lipinski definition) is 0. The molecule has 66 valence electrons. The SMILES string of the molecule is [Fe].[Fe].[Fe].[Fe].[Fe].[Fe].[Fe].[Ni]. The van der Waals surface area contributed by atoms with Crippen LogP contribution in [0.4, 0.5) is 0 Å². The van der Waals surface area contributed by atoms with E-state index < -0.39 is 0 Å². The van der Waals surface area contributed by atoms with Crippen molar-refractivity contribution in [2.24, 2.45) is 0 Å². The summed E-state index contributed by atoms with van der Waals surface area (Å²) < 4.78 is 0. The molecule has 0 aliphatic rings. The quantitative estimate of drug-likeness (QED) is 0.456. The molecule has 0 N–H and O–H groups in total. The smallest absolute Gasteiger partial charge is 0 e. The Balaban J connectivity index is 0. The Morgan fingerprint density at radius 3 is 0.250 bits per heavy atom. The van der Waals surface area contributed by atoms with Crippen LogP contribution in [0.1, 0.15) is 0 Å². The van der Waals surface area contributed by atoms with Crippen molar-refractivity contribution in [1.29, 1.82) is 0 Å². The first-order valence-electron chi connectivity index (χ1n) is 0. The fourth-order valence-corrected chi connectivity index (χ4v) is 0. The van der Waals surface area contributed by atoms with Crippen LogP contribution < -0.4 is 0 Å². The molecule has 0 saturated carbocycles. The molecule has 0 aliphatic carbocycles. The monoisotopic (exact) mass is 449 g/mol. The van der Waals surface area contributed by atoms with Crippen LogP contribution in [0.25, 0.3) is 0 Å². The molecular formula is Fe7Ni. The maximum atomic E-state index is 0. The molecule has 0 aromatic carbocycles. The topological polar surface area (TPSA) is 0 Å². The van der Waals surface area contributed by atoms with E-state index in [1.807, 2.05) is 0 Å². The van der Waals surface area contributed by atoms with Crippen molar-refractivity contribution in [1.82, 2.24) is 0 Å². The second-order valence-corrected chi connectivity index (χ2v) is 0. The zero-order valence-corrected chi connectivity index (χ0v) is 11.5. The zero-order chi connectivity index (χ0) is 0. The summed E-state index contributed by atoms with van der Waals surface area (Å²) in [5, 5.41) is 0. The van der Waals surface area contributed by atoms with Gasteiger partial charge in [-0.3, -0.25) is 0 Å². The molecule has 0 amide bonds. The summed E-state index contributed by atoms with van der Waals surface area (Å²) in [6, 6.07) is 0. The minimum absolute atomic E-state index is 0. The third kappa shape index (κ3) is 49.5. The Labute approximate surface area is 134 Å².